The predicted molar refractivity (Wildman–Crippen MR) is 122 cm³/mol. The minimum Gasteiger partial charge on any atom is -0.488 e. The summed E-state index contributed by atoms with van der Waals surface area (Å²) < 4.78 is 7.33. The minimum atomic E-state index is -0.603. The Hall–Kier alpha value is -3.16. The zero-order valence-electron chi connectivity index (χ0n) is 15.5. The van der Waals surface area contributed by atoms with Gasteiger partial charge in [0.15, 0.2) is 0 Å². The van der Waals surface area contributed by atoms with Crippen LogP contribution >= 0.6 is 27.5 Å². The highest BCUT2D eigenvalue weighted by Gasteiger charge is 2.07. The average Bonchev–Trinajstić information content (AvgIpc) is 2.74. The van der Waals surface area contributed by atoms with Crippen molar-refractivity contribution < 1.29 is 4.74 Å². The molecule has 0 saturated carbocycles. The molecule has 30 heavy (non-hydrogen) atoms. The Kier molecular flexibility index (Phi) is 5.83. The topological polar surface area (TPSA) is 76.5 Å². The summed E-state index contributed by atoms with van der Waals surface area (Å²) in [6.45, 7) is 0.327. The highest BCUT2D eigenvalue weighted by Crippen LogP contribution is 2.27. The molecule has 1 N–H and O–H groups in total. The van der Waals surface area contributed by atoms with E-state index in [-0.39, 0.29) is 0 Å². The molecular weight excluding hydrogens is 470 g/mol. The van der Waals surface area contributed by atoms with Crippen molar-refractivity contribution in [2.45, 2.75) is 6.61 Å². The van der Waals surface area contributed by atoms with Crippen molar-refractivity contribution in [1.82, 2.24) is 9.66 Å². The lowest BCUT2D eigenvalue weighted by Gasteiger charge is -2.10. The van der Waals surface area contributed by atoms with E-state index in [1.165, 1.54) is 6.21 Å². The standard InChI is InChI=1S/C22H15BrClN3O3/c23-17-11-14(9-10-20(17)30-13-15-5-1-3-7-18(15)24)12-25-27-21(28)16-6-2-4-8-19(16)26-22(27)29/h1-12H,13H2,(H,26,29). The zero-order valence-corrected chi connectivity index (χ0v) is 17.9. The third kappa shape index (κ3) is 4.22. The maximum atomic E-state index is 12.5. The van der Waals surface area contributed by atoms with Gasteiger partial charge in [0.25, 0.3) is 5.56 Å². The Morgan fingerprint density at radius 3 is 2.63 bits per heavy atom. The van der Waals surface area contributed by atoms with Crippen molar-refractivity contribution in [1.29, 1.82) is 0 Å². The summed E-state index contributed by atoms with van der Waals surface area (Å²) in [4.78, 5) is 27.4. The fourth-order valence-electron chi connectivity index (χ4n) is 2.87. The summed E-state index contributed by atoms with van der Waals surface area (Å²) in [6.07, 6.45) is 1.44. The lowest BCUT2D eigenvalue weighted by Crippen LogP contribution is -2.32. The second-order valence-electron chi connectivity index (χ2n) is 6.41. The van der Waals surface area contributed by atoms with Gasteiger partial charge in [-0.2, -0.15) is 5.10 Å². The van der Waals surface area contributed by atoms with Gasteiger partial charge < -0.3 is 9.72 Å². The van der Waals surface area contributed by atoms with Gasteiger partial charge in [0, 0.05) is 10.6 Å². The Balaban J connectivity index is 1.56. The van der Waals surface area contributed by atoms with Crippen LogP contribution in [-0.4, -0.2) is 15.9 Å². The van der Waals surface area contributed by atoms with Crippen LogP contribution in [0.1, 0.15) is 11.1 Å². The second-order valence-corrected chi connectivity index (χ2v) is 7.67. The molecule has 0 radical (unpaired) electrons. The molecule has 4 rings (SSSR count). The van der Waals surface area contributed by atoms with E-state index in [9.17, 15) is 9.59 Å². The quantitative estimate of drug-likeness (QED) is 0.422. The lowest BCUT2D eigenvalue weighted by atomic mass is 10.2. The summed E-state index contributed by atoms with van der Waals surface area (Å²) >= 11 is 9.62. The number of H-pyrrole nitrogens is 1. The molecule has 0 amide bonds. The molecule has 0 fully saturated rings. The number of aromatic nitrogens is 2. The van der Waals surface area contributed by atoms with Gasteiger partial charge in [0.05, 0.1) is 21.6 Å². The summed E-state index contributed by atoms with van der Waals surface area (Å²) in [7, 11) is 0. The van der Waals surface area contributed by atoms with Crippen molar-refractivity contribution in [3.8, 4) is 5.75 Å². The van der Waals surface area contributed by atoms with Crippen molar-refractivity contribution in [2.75, 3.05) is 0 Å². The van der Waals surface area contributed by atoms with E-state index in [0.717, 1.165) is 10.2 Å². The molecular formula is C22H15BrClN3O3. The molecule has 0 aliphatic carbocycles. The molecule has 1 heterocycles. The van der Waals surface area contributed by atoms with E-state index in [2.05, 4.69) is 26.0 Å². The van der Waals surface area contributed by atoms with Crippen LogP contribution in [0.2, 0.25) is 5.02 Å². The normalized spacial score (nSPS) is 11.3. The van der Waals surface area contributed by atoms with Crippen LogP contribution in [0.25, 0.3) is 10.9 Å². The Bertz CT molecular complexity index is 1380. The van der Waals surface area contributed by atoms with Crippen LogP contribution in [0, 0.1) is 0 Å². The first-order valence-electron chi connectivity index (χ1n) is 8.97. The first-order valence-corrected chi connectivity index (χ1v) is 10.1. The fourth-order valence-corrected chi connectivity index (χ4v) is 3.57. The van der Waals surface area contributed by atoms with Crippen molar-refractivity contribution >= 4 is 44.6 Å². The van der Waals surface area contributed by atoms with E-state index in [1.54, 1.807) is 42.5 Å². The maximum Gasteiger partial charge on any atom is 0.349 e. The minimum absolute atomic E-state index is 0.327. The highest BCUT2D eigenvalue weighted by molar-refractivity contribution is 9.10. The molecule has 0 aliphatic heterocycles. The maximum absolute atomic E-state index is 12.5. The highest BCUT2D eigenvalue weighted by atomic mass is 79.9. The van der Waals surface area contributed by atoms with Crippen molar-refractivity contribution in [2.24, 2.45) is 5.10 Å². The summed E-state index contributed by atoms with van der Waals surface area (Å²) in [5.41, 5.74) is 0.956. The number of halogens is 2. The molecule has 1 aromatic heterocycles. The average molecular weight is 485 g/mol. The molecule has 150 valence electrons. The van der Waals surface area contributed by atoms with Gasteiger partial charge in [-0.15, -0.1) is 4.68 Å². The van der Waals surface area contributed by atoms with Gasteiger partial charge in [-0.25, -0.2) is 4.79 Å². The number of aromatic amines is 1. The largest absolute Gasteiger partial charge is 0.488 e. The third-order valence-corrected chi connectivity index (χ3v) is 5.39. The molecule has 6 nitrogen and oxygen atoms in total. The van der Waals surface area contributed by atoms with Crippen LogP contribution < -0.4 is 16.0 Å². The van der Waals surface area contributed by atoms with Crippen LogP contribution in [0.3, 0.4) is 0 Å². The SMILES string of the molecule is O=c1[nH]c2ccccc2c(=O)n1N=Cc1ccc(OCc2ccccc2Cl)c(Br)c1. The first kappa shape index (κ1) is 20.1. The number of hydrogen-bond acceptors (Lipinski definition) is 4. The van der Waals surface area contributed by atoms with Gasteiger partial charge in [-0.3, -0.25) is 4.79 Å². The Morgan fingerprint density at radius 2 is 1.83 bits per heavy atom. The van der Waals surface area contributed by atoms with E-state index in [4.69, 9.17) is 16.3 Å². The number of fused-ring (bicyclic) bond motifs is 1. The molecule has 0 spiro atoms. The van der Waals surface area contributed by atoms with Gasteiger partial charge in [-0.05, 0) is 57.9 Å². The van der Waals surface area contributed by atoms with Gasteiger partial charge in [0.1, 0.15) is 12.4 Å². The van der Waals surface area contributed by atoms with Gasteiger partial charge in [0.2, 0.25) is 0 Å². The molecule has 0 saturated heterocycles. The number of nitrogens with zero attached hydrogens (tertiary/aromatic N) is 2. The Morgan fingerprint density at radius 1 is 1.07 bits per heavy atom. The lowest BCUT2D eigenvalue weighted by molar-refractivity contribution is 0.304. The number of rotatable bonds is 5. The van der Waals surface area contributed by atoms with Gasteiger partial charge >= 0.3 is 5.69 Å². The van der Waals surface area contributed by atoms with Crippen molar-refractivity contribution in [3.63, 3.8) is 0 Å². The molecule has 0 unspecified atom stereocenters. The monoisotopic (exact) mass is 483 g/mol. The first-order chi connectivity index (χ1) is 14.5. The fraction of sp³-hybridized carbons (Fsp3) is 0.0455. The summed E-state index contributed by atoms with van der Waals surface area (Å²) in [6, 6.07) is 19.6. The van der Waals surface area contributed by atoms with E-state index in [0.29, 0.717) is 38.3 Å². The second kappa shape index (κ2) is 8.69. The number of benzene rings is 3. The van der Waals surface area contributed by atoms with Gasteiger partial charge in [-0.1, -0.05) is 41.9 Å². The van der Waals surface area contributed by atoms with E-state index in [1.807, 2.05) is 24.3 Å². The molecule has 8 heteroatoms. The third-order valence-electron chi connectivity index (χ3n) is 4.40. The molecule has 0 aliphatic rings. The van der Waals surface area contributed by atoms with E-state index >= 15 is 0 Å². The summed E-state index contributed by atoms with van der Waals surface area (Å²) in [5.74, 6) is 0.632. The number of ether oxygens (including phenoxy) is 1. The Labute approximate surface area is 184 Å². The molecule has 0 bridgehead atoms. The van der Waals surface area contributed by atoms with Crippen LogP contribution in [0.4, 0.5) is 0 Å². The molecule has 4 aromatic rings. The summed E-state index contributed by atoms with van der Waals surface area (Å²) in [5, 5.41) is 5.09. The number of nitrogens with one attached hydrogen (secondary N) is 1. The van der Waals surface area contributed by atoms with Crippen LogP contribution in [-0.2, 0) is 6.61 Å². The zero-order chi connectivity index (χ0) is 21.1. The van der Waals surface area contributed by atoms with Crippen molar-refractivity contribution in [3.05, 3.63) is 108 Å². The smallest absolute Gasteiger partial charge is 0.349 e. The van der Waals surface area contributed by atoms with Crippen LogP contribution in [0.15, 0.2) is 85.9 Å². The molecule has 0 atom stereocenters. The van der Waals surface area contributed by atoms with Crippen LogP contribution in [0.5, 0.6) is 5.75 Å². The van der Waals surface area contributed by atoms with E-state index < -0.39 is 11.2 Å². The molecule has 3 aromatic carbocycles. The predicted octanol–water partition coefficient (Wildman–Crippen LogP) is 4.57. The number of hydrogen-bond donors (Lipinski definition) is 1. The number of para-hydroxylation sites is 1.